The first kappa shape index (κ1) is 13.7. The van der Waals surface area contributed by atoms with Crippen LogP contribution in [0.2, 0.25) is 0 Å². The highest BCUT2D eigenvalue weighted by atomic mass is 79.9. The van der Waals surface area contributed by atoms with Crippen LogP contribution in [0.5, 0.6) is 0 Å². The number of fused-ring (bicyclic) bond motifs is 1. The number of hydrogen-bond donors (Lipinski definition) is 0. The Morgan fingerprint density at radius 3 is 2.80 bits per heavy atom. The van der Waals surface area contributed by atoms with E-state index in [2.05, 4.69) is 73.7 Å². The summed E-state index contributed by atoms with van der Waals surface area (Å²) in [7, 11) is 2.13. The molecule has 0 nitrogen and oxygen atoms in total. The van der Waals surface area contributed by atoms with E-state index >= 15 is 0 Å². The molecule has 2 aromatic carbocycles. The van der Waals surface area contributed by atoms with Crippen molar-refractivity contribution in [3.63, 3.8) is 0 Å². The maximum absolute atomic E-state index is 4.35. The van der Waals surface area contributed by atoms with Crippen LogP contribution in [0, 0.1) is 12.8 Å². The molecule has 1 aliphatic rings. The predicted octanol–water partition coefficient (Wildman–Crippen LogP) is 3.44. The van der Waals surface area contributed by atoms with Crippen LogP contribution < -0.4 is 5.46 Å². The molecule has 2 aromatic rings. The lowest BCUT2D eigenvalue weighted by atomic mass is 9.90. The van der Waals surface area contributed by atoms with Crippen LogP contribution in [-0.2, 0) is 12.8 Å². The summed E-state index contributed by atoms with van der Waals surface area (Å²) < 4.78 is 1.22. The number of allylic oxidation sites excluding steroid dienone is 1. The molecule has 0 fully saturated rings. The summed E-state index contributed by atoms with van der Waals surface area (Å²) in [6, 6.07) is 13.4. The van der Waals surface area contributed by atoms with E-state index in [-0.39, 0.29) is 0 Å². The van der Waals surface area contributed by atoms with Crippen molar-refractivity contribution in [2.24, 2.45) is 5.92 Å². The molecule has 0 spiro atoms. The van der Waals surface area contributed by atoms with Gasteiger partial charge in [-0.15, -0.1) is 0 Å². The number of rotatable bonds is 2. The average Bonchev–Trinajstić information content (AvgIpc) is 2.70. The van der Waals surface area contributed by atoms with Gasteiger partial charge in [-0.2, -0.15) is 0 Å². The molecule has 0 amide bonds. The van der Waals surface area contributed by atoms with Crippen molar-refractivity contribution >= 4 is 34.8 Å². The first-order valence-corrected chi connectivity index (χ1v) is 7.87. The van der Waals surface area contributed by atoms with Crippen molar-refractivity contribution in [2.45, 2.75) is 19.8 Å². The van der Waals surface area contributed by atoms with Gasteiger partial charge in [-0.05, 0) is 47.9 Å². The number of aryl methyl sites for hydroxylation is 1. The minimum Gasteiger partial charge on any atom is -0.0949 e. The zero-order chi connectivity index (χ0) is 14.3. The molecule has 0 heterocycles. The van der Waals surface area contributed by atoms with E-state index in [9.17, 15) is 0 Å². The van der Waals surface area contributed by atoms with Crippen molar-refractivity contribution in [3.05, 3.63) is 69.7 Å². The normalized spacial score (nSPS) is 17.3. The van der Waals surface area contributed by atoms with Gasteiger partial charge in [-0.1, -0.05) is 69.9 Å². The summed E-state index contributed by atoms with van der Waals surface area (Å²) in [5.41, 5.74) is 8.13. The van der Waals surface area contributed by atoms with E-state index in [1.807, 2.05) is 0 Å². The Labute approximate surface area is 130 Å². The highest BCUT2D eigenvalue weighted by Gasteiger charge is 2.25. The maximum Gasteiger partial charge on any atom is 0.139 e. The summed E-state index contributed by atoms with van der Waals surface area (Å²) in [6.07, 6.45) is 2.18. The first-order valence-electron chi connectivity index (χ1n) is 7.08. The fraction of sp³-hybridized carbons (Fsp3) is 0.222. The summed E-state index contributed by atoms with van der Waals surface area (Å²) >= 11 is 3.69. The fourth-order valence-electron chi connectivity index (χ4n) is 3.05. The zero-order valence-corrected chi connectivity index (χ0v) is 13.6. The van der Waals surface area contributed by atoms with E-state index in [0.717, 1.165) is 12.8 Å². The Kier molecular flexibility index (Phi) is 3.60. The monoisotopic (exact) mass is 324 g/mol. The zero-order valence-electron chi connectivity index (χ0n) is 12.0. The second-order valence-corrected chi connectivity index (χ2v) is 6.74. The average molecular weight is 325 g/mol. The summed E-state index contributed by atoms with van der Waals surface area (Å²) in [5, 5.41) is 0. The Morgan fingerprint density at radius 2 is 2.05 bits per heavy atom. The van der Waals surface area contributed by atoms with Gasteiger partial charge in [0.05, 0.1) is 0 Å². The molecule has 1 unspecified atom stereocenters. The first-order chi connectivity index (χ1) is 9.54. The van der Waals surface area contributed by atoms with Crippen molar-refractivity contribution in [3.8, 4) is 0 Å². The third-order valence-electron chi connectivity index (χ3n) is 4.25. The van der Waals surface area contributed by atoms with Crippen molar-refractivity contribution in [1.82, 2.24) is 0 Å². The van der Waals surface area contributed by atoms with Crippen molar-refractivity contribution in [2.75, 3.05) is 0 Å². The van der Waals surface area contributed by atoms with Gasteiger partial charge in [-0.25, -0.2) is 0 Å². The second kappa shape index (κ2) is 5.25. The topological polar surface area (TPSA) is 0 Å². The third-order valence-corrected chi connectivity index (χ3v) is 4.98. The molecule has 0 N–H and O–H groups in total. The lowest BCUT2D eigenvalue weighted by Crippen LogP contribution is -2.07. The molecule has 3 rings (SSSR count). The van der Waals surface area contributed by atoms with E-state index in [4.69, 9.17) is 0 Å². The molecule has 0 saturated carbocycles. The van der Waals surface area contributed by atoms with Crippen molar-refractivity contribution < 1.29 is 0 Å². The Balaban J connectivity index is 1.86. The molecule has 0 aromatic heterocycles. The van der Waals surface area contributed by atoms with Gasteiger partial charge in [0.1, 0.15) is 7.85 Å². The molecule has 0 radical (unpaired) electrons. The van der Waals surface area contributed by atoms with Gasteiger partial charge >= 0.3 is 0 Å². The van der Waals surface area contributed by atoms with Crippen LogP contribution >= 0.6 is 15.9 Å². The molecule has 20 heavy (non-hydrogen) atoms. The molecule has 2 heteroatoms. The second-order valence-electron chi connectivity index (χ2n) is 5.89. The van der Waals surface area contributed by atoms with Crippen LogP contribution in [0.3, 0.4) is 0 Å². The van der Waals surface area contributed by atoms with E-state index in [0.29, 0.717) is 5.92 Å². The van der Waals surface area contributed by atoms with E-state index < -0.39 is 0 Å². The molecule has 0 bridgehead atoms. The van der Waals surface area contributed by atoms with Gasteiger partial charge in [0.15, 0.2) is 0 Å². The van der Waals surface area contributed by atoms with Crippen LogP contribution in [-0.4, -0.2) is 7.85 Å². The minimum atomic E-state index is 0.533. The maximum atomic E-state index is 4.35. The fourth-order valence-corrected chi connectivity index (χ4v) is 3.71. The van der Waals surface area contributed by atoms with Crippen LogP contribution in [0.15, 0.2) is 47.4 Å². The summed E-state index contributed by atoms with van der Waals surface area (Å²) in [5.74, 6) is 0.533. The van der Waals surface area contributed by atoms with E-state index in [1.54, 1.807) is 0 Å². The summed E-state index contributed by atoms with van der Waals surface area (Å²) in [4.78, 5) is 0. The largest absolute Gasteiger partial charge is 0.139 e. The van der Waals surface area contributed by atoms with Gasteiger partial charge in [0, 0.05) is 4.47 Å². The SMILES string of the molecule is Bc1ccc(CC2Cc3ccc(C)cc3C2=C)c(Br)c1. The van der Waals surface area contributed by atoms with E-state index in [1.165, 1.54) is 37.8 Å². The Morgan fingerprint density at radius 1 is 1.25 bits per heavy atom. The minimum absolute atomic E-state index is 0.533. The standard InChI is InChI=1S/C18H18BBr/c1-11-3-4-13-8-15(12(2)17(13)7-11)9-14-5-6-16(19)10-18(14)20/h3-7,10,15H,2,8-9,19H2,1H3. The lowest BCUT2D eigenvalue weighted by Gasteiger charge is -2.13. The Bertz CT molecular complexity index is 688. The van der Waals surface area contributed by atoms with Crippen LogP contribution in [0.1, 0.15) is 22.3 Å². The highest BCUT2D eigenvalue weighted by molar-refractivity contribution is 9.10. The quantitative estimate of drug-likeness (QED) is 0.742. The van der Waals surface area contributed by atoms with Gasteiger partial charge in [0.2, 0.25) is 0 Å². The molecule has 1 atom stereocenters. The van der Waals surface area contributed by atoms with Crippen LogP contribution in [0.25, 0.3) is 5.57 Å². The smallest absolute Gasteiger partial charge is 0.0949 e. The third kappa shape index (κ3) is 2.49. The lowest BCUT2D eigenvalue weighted by molar-refractivity contribution is 0.689. The molecule has 100 valence electrons. The van der Waals surface area contributed by atoms with Gasteiger partial charge < -0.3 is 0 Å². The molecule has 0 aliphatic heterocycles. The molecule has 0 saturated heterocycles. The highest BCUT2D eigenvalue weighted by Crippen LogP contribution is 2.38. The van der Waals surface area contributed by atoms with Gasteiger partial charge in [-0.3, -0.25) is 0 Å². The summed E-state index contributed by atoms with van der Waals surface area (Å²) in [6.45, 7) is 6.50. The number of benzene rings is 2. The van der Waals surface area contributed by atoms with Crippen LogP contribution in [0.4, 0.5) is 0 Å². The molecule has 1 aliphatic carbocycles. The predicted molar refractivity (Wildman–Crippen MR) is 93.4 cm³/mol. The molecular weight excluding hydrogens is 307 g/mol. The number of halogens is 1. The molecular formula is C18H18BBr. The Hall–Kier alpha value is -1.28. The number of hydrogen-bond acceptors (Lipinski definition) is 0. The van der Waals surface area contributed by atoms with Crippen molar-refractivity contribution in [1.29, 1.82) is 0 Å². The van der Waals surface area contributed by atoms with Gasteiger partial charge in [0.25, 0.3) is 0 Å².